The molecular weight excluding hydrogens is 346 g/mol. The van der Waals surface area contributed by atoms with E-state index >= 15 is 0 Å². The number of halogens is 10. The van der Waals surface area contributed by atoms with Crippen molar-refractivity contribution in [3.63, 3.8) is 0 Å². The summed E-state index contributed by atoms with van der Waals surface area (Å²) in [5.41, 5.74) is -6.17. The van der Waals surface area contributed by atoms with Gasteiger partial charge < -0.3 is 0 Å². The monoisotopic (exact) mass is 348 g/mol. The molecular formula is C5H2F10O4S. The molecule has 0 aromatic rings. The first-order valence-corrected chi connectivity index (χ1v) is 5.30. The zero-order valence-corrected chi connectivity index (χ0v) is 9.34. The Bertz CT molecular complexity index is 434. The van der Waals surface area contributed by atoms with Crippen LogP contribution in [0.5, 0.6) is 0 Å². The van der Waals surface area contributed by atoms with Crippen LogP contribution in [0.15, 0.2) is 0 Å². The molecule has 0 spiro atoms. The van der Waals surface area contributed by atoms with Gasteiger partial charge in [0.15, 0.2) is 6.61 Å². The highest BCUT2D eigenvalue weighted by molar-refractivity contribution is 7.87. The van der Waals surface area contributed by atoms with Gasteiger partial charge >= 0.3 is 34.0 Å². The summed E-state index contributed by atoms with van der Waals surface area (Å²) in [6, 6.07) is 0. The van der Waals surface area contributed by atoms with E-state index in [-0.39, 0.29) is 0 Å². The predicted octanol–water partition coefficient (Wildman–Crippen LogP) is 2.62. The quantitative estimate of drug-likeness (QED) is 0.435. The lowest BCUT2D eigenvalue weighted by Crippen LogP contribution is -2.46. The molecule has 0 aliphatic heterocycles. The fourth-order valence-corrected chi connectivity index (χ4v) is 0.914. The van der Waals surface area contributed by atoms with Crippen molar-refractivity contribution in [2.24, 2.45) is 0 Å². The number of rotatable bonds is 5. The molecule has 0 rings (SSSR count). The molecule has 0 saturated carbocycles. The van der Waals surface area contributed by atoms with Crippen molar-refractivity contribution in [3.8, 4) is 0 Å². The summed E-state index contributed by atoms with van der Waals surface area (Å²) < 4.78 is 143. The second-order valence-corrected chi connectivity index (χ2v) is 4.52. The van der Waals surface area contributed by atoms with Crippen molar-refractivity contribution < 1.29 is 61.2 Å². The Balaban J connectivity index is 4.88. The average molecular weight is 348 g/mol. The number of hydrogen-bond donors (Lipinski definition) is 0. The predicted molar refractivity (Wildman–Crippen MR) is 38.0 cm³/mol. The Hall–Kier alpha value is -0.830. The SMILES string of the molecule is O=S(=O)(OCC(F)(F)OC(F)(F)C(F)(F)F)C(F)(F)F. The van der Waals surface area contributed by atoms with E-state index in [4.69, 9.17) is 0 Å². The number of alkyl halides is 10. The molecule has 0 radical (unpaired) electrons. The highest BCUT2D eigenvalue weighted by Crippen LogP contribution is 2.40. The van der Waals surface area contributed by atoms with E-state index in [0.29, 0.717) is 0 Å². The molecule has 0 atom stereocenters. The smallest absolute Gasteiger partial charge is 0.254 e. The summed E-state index contributed by atoms with van der Waals surface area (Å²) in [4.78, 5) is 0. The van der Waals surface area contributed by atoms with E-state index in [0.717, 1.165) is 0 Å². The van der Waals surface area contributed by atoms with Gasteiger partial charge in [0.2, 0.25) is 0 Å². The average Bonchev–Trinajstić information content (AvgIpc) is 2.09. The van der Waals surface area contributed by atoms with Crippen LogP contribution in [0.2, 0.25) is 0 Å². The van der Waals surface area contributed by atoms with Crippen LogP contribution >= 0.6 is 0 Å². The summed E-state index contributed by atoms with van der Waals surface area (Å²) in [6.07, 6.45) is -18.7. The topological polar surface area (TPSA) is 52.6 Å². The van der Waals surface area contributed by atoms with Crippen LogP contribution in [0.4, 0.5) is 43.9 Å². The van der Waals surface area contributed by atoms with Crippen LogP contribution in [0.25, 0.3) is 0 Å². The van der Waals surface area contributed by atoms with Crippen molar-refractivity contribution in [1.82, 2.24) is 0 Å². The van der Waals surface area contributed by atoms with Crippen LogP contribution in [0.1, 0.15) is 0 Å². The van der Waals surface area contributed by atoms with E-state index in [1.54, 1.807) is 0 Å². The van der Waals surface area contributed by atoms with E-state index in [1.165, 1.54) is 0 Å². The molecule has 0 bridgehead atoms. The maximum Gasteiger partial charge on any atom is 0.523 e. The molecule has 0 aromatic heterocycles. The molecule has 0 aliphatic rings. The number of hydrogen-bond acceptors (Lipinski definition) is 4. The fraction of sp³-hybridized carbons (Fsp3) is 1.00. The molecule has 0 amide bonds. The summed E-state index contributed by atoms with van der Waals surface area (Å²) in [5, 5.41) is 0. The van der Waals surface area contributed by atoms with Crippen molar-refractivity contribution in [2.45, 2.75) is 23.9 Å². The maximum atomic E-state index is 12.4. The highest BCUT2D eigenvalue weighted by atomic mass is 32.2. The third-order valence-corrected chi connectivity index (χ3v) is 2.27. The molecule has 0 N–H and O–H groups in total. The lowest BCUT2D eigenvalue weighted by atomic mass is 10.6. The first-order chi connectivity index (χ1) is 8.41. The molecule has 4 nitrogen and oxygen atoms in total. The van der Waals surface area contributed by atoms with Crippen molar-refractivity contribution >= 4 is 10.1 Å². The number of ether oxygens (including phenoxy) is 1. The molecule has 122 valence electrons. The second kappa shape index (κ2) is 5.18. The third kappa shape index (κ3) is 4.93. The Morgan fingerprint density at radius 2 is 1.20 bits per heavy atom. The normalized spacial score (nSPS) is 15.5. The molecule has 0 saturated heterocycles. The minimum absolute atomic E-state index is 1.95. The van der Waals surface area contributed by atoms with E-state index in [1.807, 2.05) is 4.74 Å². The summed E-state index contributed by atoms with van der Waals surface area (Å²) >= 11 is 0. The zero-order chi connectivity index (χ0) is 16.6. The van der Waals surface area contributed by atoms with Crippen molar-refractivity contribution in [1.29, 1.82) is 0 Å². The van der Waals surface area contributed by atoms with Gasteiger partial charge in [-0.15, -0.1) is 0 Å². The Labute approximate surface area is 103 Å². The van der Waals surface area contributed by atoms with Crippen LogP contribution < -0.4 is 0 Å². The minimum Gasteiger partial charge on any atom is -0.254 e. The molecule has 15 heteroatoms. The fourth-order valence-electron chi connectivity index (χ4n) is 0.488. The van der Waals surface area contributed by atoms with Crippen LogP contribution in [-0.4, -0.2) is 38.9 Å². The molecule has 20 heavy (non-hydrogen) atoms. The van der Waals surface area contributed by atoms with Gasteiger partial charge in [0, 0.05) is 0 Å². The van der Waals surface area contributed by atoms with E-state index in [2.05, 4.69) is 4.18 Å². The minimum atomic E-state index is -6.61. The van der Waals surface area contributed by atoms with Gasteiger partial charge in [0.1, 0.15) is 0 Å². The Kier molecular flexibility index (Phi) is 4.96. The Morgan fingerprint density at radius 3 is 1.50 bits per heavy atom. The third-order valence-electron chi connectivity index (χ3n) is 1.27. The summed E-state index contributed by atoms with van der Waals surface area (Å²) in [6.45, 7) is -3.03. The maximum absolute atomic E-state index is 12.4. The first-order valence-electron chi connectivity index (χ1n) is 3.89. The molecule has 0 unspecified atom stereocenters. The zero-order valence-electron chi connectivity index (χ0n) is 8.53. The van der Waals surface area contributed by atoms with E-state index < -0.39 is 40.6 Å². The van der Waals surface area contributed by atoms with Crippen molar-refractivity contribution in [2.75, 3.05) is 6.61 Å². The van der Waals surface area contributed by atoms with Gasteiger partial charge in [0.25, 0.3) is 0 Å². The van der Waals surface area contributed by atoms with Crippen LogP contribution in [-0.2, 0) is 19.0 Å². The molecule has 0 aromatic carbocycles. The van der Waals surface area contributed by atoms with Gasteiger partial charge in [-0.2, -0.15) is 52.3 Å². The first kappa shape index (κ1) is 19.2. The second-order valence-electron chi connectivity index (χ2n) is 2.92. The standard InChI is InChI=1S/C5H2F10O4S/c6-2(7,19-4(11,12)3(8,9)10)1-18-20(16,17)5(13,14)15/h1H2. The Morgan fingerprint density at radius 1 is 0.800 bits per heavy atom. The lowest BCUT2D eigenvalue weighted by Gasteiger charge is -2.24. The molecule has 0 aliphatic carbocycles. The summed E-state index contributed by atoms with van der Waals surface area (Å²) in [5.74, 6) is 0. The summed E-state index contributed by atoms with van der Waals surface area (Å²) in [7, 11) is -6.61. The van der Waals surface area contributed by atoms with Gasteiger partial charge in [0.05, 0.1) is 0 Å². The lowest BCUT2D eigenvalue weighted by molar-refractivity contribution is -0.458. The highest BCUT2D eigenvalue weighted by Gasteiger charge is 2.64. The van der Waals surface area contributed by atoms with Gasteiger partial charge in [-0.05, 0) is 0 Å². The van der Waals surface area contributed by atoms with Gasteiger partial charge in [-0.3, -0.25) is 4.18 Å². The van der Waals surface area contributed by atoms with Crippen molar-refractivity contribution in [3.05, 3.63) is 0 Å². The molecule has 0 heterocycles. The van der Waals surface area contributed by atoms with Crippen LogP contribution in [0.3, 0.4) is 0 Å². The van der Waals surface area contributed by atoms with Gasteiger partial charge in [-0.25, -0.2) is 4.74 Å². The molecule has 0 fully saturated rings. The largest absolute Gasteiger partial charge is 0.523 e. The van der Waals surface area contributed by atoms with Gasteiger partial charge in [-0.1, -0.05) is 0 Å². The van der Waals surface area contributed by atoms with Crippen LogP contribution in [0, 0.1) is 0 Å². The van der Waals surface area contributed by atoms with E-state index in [9.17, 15) is 52.3 Å².